The van der Waals surface area contributed by atoms with Crippen molar-refractivity contribution in [2.45, 2.75) is 10.8 Å². The zero-order valence-electron chi connectivity index (χ0n) is 12.1. The van der Waals surface area contributed by atoms with Crippen LogP contribution in [0.25, 0.3) is 11.3 Å². The molecule has 0 N–H and O–H groups in total. The summed E-state index contributed by atoms with van der Waals surface area (Å²) in [5.74, 6) is 1.62. The number of methoxy groups -OCH3 is 1. The Hall–Kier alpha value is -2.40. The number of ether oxygens (including phenoxy) is 1. The van der Waals surface area contributed by atoms with Crippen molar-refractivity contribution in [3.63, 3.8) is 0 Å². The highest BCUT2D eigenvalue weighted by Crippen LogP contribution is 2.23. The van der Waals surface area contributed by atoms with E-state index in [1.54, 1.807) is 25.1 Å². The summed E-state index contributed by atoms with van der Waals surface area (Å²) in [6, 6.07) is 17.7. The third-order valence-corrected chi connectivity index (χ3v) is 4.07. The van der Waals surface area contributed by atoms with E-state index in [0.717, 1.165) is 33.5 Å². The molecular weight excluding hydrogens is 294 g/mol. The van der Waals surface area contributed by atoms with Crippen LogP contribution in [0, 0.1) is 0 Å². The maximum absolute atomic E-state index is 5.15. The first-order valence-electron chi connectivity index (χ1n) is 6.86. The lowest BCUT2D eigenvalue weighted by Crippen LogP contribution is -1.91. The van der Waals surface area contributed by atoms with Crippen molar-refractivity contribution in [2.24, 2.45) is 0 Å². The quantitative estimate of drug-likeness (QED) is 0.670. The molecule has 0 saturated heterocycles. The molecule has 22 heavy (non-hydrogen) atoms. The van der Waals surface area contributed by atoms with Gasteiger partial charge >= 0.3 is 0 Å². The summed E-state index contributed by atoms with van der Waals surface area (Å²) in [5.41, 5.74) is 2.91. The van der Waals surface area contributed by atoms with Crippen LogP contribution >= 0.6 is 11.8 Å². The molecule has 110 valence electrons. The predicted molar refractivity (Wildman–Crippen MR) is 87.8 cm³/mol. The highest BCUT2D eigenvalue weighted by molar-refractivity contribution is 7.98. The van der Waals surface area contributed by atoms with E-state index in [9.17, 15) is 0 Å². The van der Waals surface area contributed by atoms with E-state index in [0.29, 0.717) is 0 Å². The highest BCUT2D eigenvalue weighted by Gasteiger charge is 2.03. The summed E-state index contributed by atoms with van der Waals surface area (Å²) in [4.78, 5) is 4.29. The predicted octanol–water partition coefficient (Wildman–Crippen LogP) is 3.84. The molecular formula is C17H15N3OS. The summed E-state index contributed by atoms with van der Waals surface area (Å²) in [6.45, 7) is 0. The molecule has 2 heterocycles. The van der Waals surface area contributed by atoms with Crippen molar-refractivity contribution in [2.75, 3.05) is 7.11 Å². The second-order valence-corrected chi connectivity index (χ2v) is 5.59. The van der Waals surface area contributed by atoms with Crippen molar-refractivity contribution in [3.8, 4) is 17.0 Å². The monoisotopic (exact) mass is 309 g/mol. The third kappa shape index (κ3) is 3.62. The first kappa shape index (κ1) is 14.5. The van der Waals surface area contributed by atoms with Gasteiger partial charge in [-0.15, -0.1) is 10.2 Å². The summed E-state index contributed by atoms with van der Waals surface area (Å²) < 4.78 is 5.15. The fourth-order valence-electron chi connectivity index (χ4n) is 1.94. The Morgan fingerprint density at radius 3 is 2.45 bits per heavy atom. The van der Waals surface area contributed by atoms with Gasteiger partial charge in [0.05, 0.1) is 18.5 Å². The topological polar surface area (TPSA) is 47.9 Å². The van der Waals surface area contributed by atoms with Crippen molar-refractivity contribution < 1.29 is 4.74 Å². The molecule has 0 radical (unpaired) electrons. The second-order valence-electron chi connectivity index (χ2n) is 4.60. The standard InChI is InChI=1S/C17H15N3OS/c1-21-15-7-5-13(6-8-15)16-9-10-17(20-19-16)22-12-14-4-2-3-11-18-14/h2-11H,12H2,1H3. The Labute approximate surface area is 133 Å². The van der Waals surface area contributed by atoms with Crippen LogP contribution in [0.4, 0.5) is 0 Å². The maximum atomic E-state index is 5.15. The zero-order valence-corrected chi connectivity index (χ0v) is 13.0. The van der Waals surface area contributed by atoms with Crippen LogP contribution in [0.3, 0.4) is 0 Å². The number of rotatable bonds is 5. The molecule has 0 aliphatic rings. The van der Waals surface area contributed by atoms with Crippen LogP contribution in [0.1, 0.15) is 5.69 Å². The van der Waals surface area contributed by atoms with Crippen LogP contribution < -0.4 is 4.74 Å². The molecule has 2 aromatic heterocycles. The molecule has 0 aliphatic carbocycles. The van der Waals surface area contributed by atoms with E-state index in [1.807, 2.05) is 54.6 Å². The number of thioether (sulfide) groups is 1. The molecule has 3 aromatic rings. The van der Waals surface area contributed by atoms with E-state index in [-0.39, 0.29) is 0 Å². The van der Waals surface area contributed by atoms with Gasteiger partial charge in [-0.25, -0.2) is 0 Å². The van der Waals surface area contributed by atoms with Crippen molar-refractivity contribution in [1.82, 2.24) is 15.2 Å². The molecule has 1 aromatic carbocycles. The van der Waals surface area contributed by atoms with E-state index < -0.39 is 0 Å². The fourth-order valence-corrected chi connectivity index (χ4v) is 2.67. The fraction of sp³-hybridized carbons (Fsp3) is 0.118. The average Bonchev–Trinajstić information content (AvgIpc) is 2.61. The molecule has 0 saturated carbocycles. The first-order chi connectivity index (χ1) is 10.8. The number of pyridine rings is 1. The Morgan fingerprint density at radius 2 is 1.82 bits per heavy atom. The molecule has 0 unspecified atom stereocenters. The second kappa shape index (κ2) is 7.04. The smallest absolute Gasteiger partial charge is 0.119 e. The normalized spacial score (nSPS) is 10.4. The van der Waals surface area contributed by atoms with Gasteiger partial charge in [0.15, 0.2) is 0 Å². The summed E-state index contributed by atoms with van der Waals surface area (Å²) in [7, 11) is 1.66. The Morgan fingerprint density at radius 1 is 0.955 bits per heavy atom. The van der Waals surface area contributed by atoms with E-state index in [4.69, 9.17) is 4.74 Å². The SMILES string of the molecule is COc1ccc(-c2ccc(SCc3ccccn3)nn2)cc1. The number of hydrogen-bond acceptors (Lipinski definition) is 5. The maximum Gasteiger partial charge on any atom is 0.119 e. The molecule has 0 fully saturated rings. The molecule has 5 heteroatoms. The molecule has 0 aliphatic heterocycles. The molecule has 0 spiro atoms. The largest absolute Gasteiger partial charge is 0.497 e. The average molecular weight is 309 g/mol. The van der Waals surface area contributed by atoms with Crippen LogP contribution in [0.15, 0.2) is 65.8 Å². The van der Waals surface area contributed by atoms with Crippen LogP contribution in [0.2, 0.25) is 0 Å². The minimum Gasteiger partial charge on any atom is -0.497 e. The van der Waals surface area contributed by atoms with Crippen molar-refractivity contribution in [1.29, 1.82) is 0 Å². The van der Waals surface area contributed by atoms with E-state index >= 15 is 0 Å². The van der Waals surface area contributed by atoms with Gasteiger partial charge in [-0.3, -0.25) is 4.98 Å². The van der Waals surface area contributed by atoms with Crippen molar-refractivity contribution >= 4 is 11.8 Å². The summed E-state index contributed by atoms with van der Waals surface area (Å²) in [6.07, 6.45) is 1.80. The minimum absolute atomic E-state index is 0.789. The van der Waals surface area contributed by atoms with E-state index in [1.165, 1.54) is 0 Å². The van der Waals surface area contributed by atoms with Gasteiger partial charge in [-0.05, 0) is 48.5 Å². The number of benzene rings is 1. The van der Waals surface area contributed by atoms with Gasteiger partial charge in [-0.2, -0.15) is 0 Å². The zero-order chi connectivity index (χ0) is 15.2. The van der Waals surface area contributed by atoms with Gasteiger partial charge in [-0.1, -0.05) is 17.8 Å². The lowest BCUT2D eigenvalue weighted by Gasteiger charge is -2.04. The van der Waals surface area contributed by atoms with Crippen LogP contribution in [-0.2, 0) is 5.75 Å². The number of nitrogens with zero attached hydrogens (tertiary/aromatic N) is 3. The molecule has 3 rings (SSSR count). The lowest BCUT2D eigenvalue weighted by molar-refractivity contribution is 0.415. The Bertz CT molecular complexity index is 715. The van der Waals surface area contributed by atoms with Crippen LogP contribution in [0.5, 0.6) is 5.75 Å². The Balaban J connectivity index is 1.67. The molecule has 0 bridgehead atoms. The van der Waals surface area contributed by atoms with Gasteiger partial charge in [0.1, 0.15) is 10.8 Å². The van der Waals surface area contributed by atoms with Crippen LogP contribution in [-0.4, -0.2) is 22.3 Å². The summed E-state index contributed by atoms with van der Waals surface area (Å²) in [5, 5.41) is 9.44. The van der Waals surface area contributed by atoms with Gasteiger partial charge < -0.3 is 4.74 Å². The minimum atomic E-state index is 0.789. The summed E-state index contributed by atoms with van der Waals surface area (Å²) >= 11 is 1.63. The van der Waals surface area contributed by atoms with Crippen molar-refractivity contribution in [3.05, 3.63) is 66.5 Å². The highest BCUT2D eigenvalue weighted by atomic mass is 32.2. The molecule has 0 atom stereocenters. The molecule has 0 amide bonds. The third-order valence-electron chi connectivity index (χ3n) is 3.12. The number of aromatic nitrogens is 3. The lowest BCUT2D eigenvalue weighted by atomic mass is 10.1. The van der Waals surface area contributed by atoms with E-state index in [2.05, 4.69) is 15.2 Å². The number of hydrogen-bond donors (Lipinski definition) is 0. The Kier molecular flexibility index (Phi) is 4.65. The van der Waals surface area contributed by atoms with Gasteiger partial charge in [0.2, 0.25) is 0 Å². The first-order valence-corrected chi connectivity index (χ1v) is 7.84. The molecule has 4 nitrogen and oxygen atoms in total. The van der Waals surface area contributed by atoms with Gasteiger partial charge in [0.25, 0.3) is 0 Å². The van der Waals surface area contributed by atoms with Gasteiger partial charge in [0, 0.05) is 17.5 Å².